The van der Waals surface area contributed by atoms with Crippen LogP contribution in [0.3, 0.4) is 0 Å². The number of nitrogens with zero attached hydrogens (tertiary/aromatic N) is 2. The van der Waals surface area contributed by atoms with E-state index >= 15 is 4.39 Å². The Bertz CT molecular complexity index is 1220. The van der Waals surface area contributed by atoms with E-state index in [-0.39, 0.29) is 11.5 Å². The Hall–Kier alpha value is -2.67. The van der Waals surface area contributed by atoms with E-state index in [4.69, 9.17) is 21.1 Å². The van der Waals surface area contributed by atoms with E-state index in [1.54, 1.807) is 39.1 Å². The number of likely N-dealkylation sites (tertiary alicyclic amines) is 1. The van der Waals surface area contributed by atoms with Gasteiger partial charge in [-0.2, -0.15) is 0 Å². The van der Waals surface area contributed by atoms with Gasteiger partial charge in [-0.3, -0.25) is 9.78 Å². The van der Waals surface area contributed by atoms with E-state index in [0.717, 1.165) is 36.9 Å². The Labute approximate surface area is 222 Å². The van der Waals surface area contributed by atoms with E-state index in [1.807, 2.05) is 6.92 Å². The molecule has 1 amide bonds. The first-order valence-corrected chi connectivity index (χ1v) is 13.6. The van der Waals surface area contributed by atoms with Crippen molar-refractivity contribution in [2.24, 2.45) is 0 Å². The van der Waals surface area contributed by atoms with Crippen LogP contribution in [0.15, 0.2) is 24.4 Å². The molecule has 2 aromatic rings. The molecule has 3 fully saturated rings. The van der Waals surface area contributed by atoms with Gasteiger partial charge in [0.25, 0.3) is 5.91 Å². The average molecular weight is 529 g/mol. The molecule has 0 bridgehead atoms. The number of esters is 1. The minimum Gasteiger partial charge on any atom is -0.484 e. The van der Waals surface area contributed by atoms with Crippen molar-refractivity contribution >= 4 is 23.5 Å². The Morgan fingerprint density at radius 2 is 1.81 bits per heavy atom. The molecule has 1 saturated heterocycles. The van der Waals surface area contributed by atoms with E-state index in [9.17, 15) is 9.59 Å². The summed E-state index contributed by atoms with van der Waals surface area (Å²) in [5, 5.41) is 0.590. The number of rotatable bonds is 7. The number of amides is 1. The van der Waals surface area contributed by atoms with Gasteiger partial charge in [0.1, 0.15) is 29.3 Å². The van der Waals surface area contributed by atoms with Crippen LogP contribution in [0.5, 0.6) is 5.75 Å². The van der Waals surface area contributed by atoms with Crippen LogP contribution < -0.4 is 4.74 Å². The molecule has 1 unspecified atom stereocenters. The molecule has 2 atom stereocenters. The number of carbonyl (C=O) groups is 2. The third-order valence-electron chi connectivity index (χ3n) is 7.17. The topological polar surface area (TPSA) is 68.7 Å². The monoisotopic (exact) mass is 528 g/mol. The van der Waals surface area contributed by atoms with Gasteiger partial charge in [0.2, 0.25) is 0 Å². The first-order valence-electron chi connectivity index (χ1n) is 13.2. The molecule has 2 aliphatic carbocycles. The van der Waals surface area contributed by atoms with Gasteiger partial charge in [-0.25, -0.2) is 9.18 Å². The van der Waals surface area contributed by atoms with Crippen LogP contribution in [0.1, 0.15) is 111 Å². The number of benzene rings is 1. The minimum absolute atomic E-state index is 0.00759. The zero-order valence-corrected chi connectivity index (χ0v) is 22.6. The fourth-order valence-electron chi connectivity index (χ4n) is 5.07. The van der Waals surface area contributed by atoms with Gasteiger partial charge in [0.05, 0.1) is 22.5 Å². The Morgan fingerprint density at radius 3 is 2.43 bits per heavy atom. The third-order valence-corrected chi connectivity index (χ3v) is 7.47. The summed E-state index contributed by atoms with van der Waals surface area (Å²) in [5.74, 6) is -0.312. The van der Waals surface area contributed by atoms with Crippen LogP contribution in [0.25, 0.3) is 0 Å². The summed E-state index contributed by atoms with van der Waals surface area (Å²) < 4.78 is 27.1. The van der Waals surface area contributed by atoms with Gasteiger partial charge in [-0.05, 0) is 95.4 Å². The van der Waals surface area contributed by atoms with Crippen LogP contribution >= 0.6 is 11.6 Å². The standard InChI is InChI=1S/C29H34ClFN2O4/c1-16(36-19-12-23(30)26(32-15-19)18-9-10-18)20-14-24(31)22(13-21(20)17-7-8-17)27(34)33-11-5-6-25(33)28(35)37-29(2,3)4/h12-18,25H,5-11H2,1-4H3/t16-,25?/m1/s1. The van der Waals surface area contributed by atoms with E-state index < -0.39 is 35.4 Å². The molecule has 1 aromatic carbocycles. The second-order valence-corrected chi connectivity index (χ2v) is 11.9. The quantitative estimate of drug-likeness (QED) is 0.373. The van der Waals surface area contributed by atoms with Gasteiger partial charge in [-0.1, -0.05) is 11.6 Å². The SMILES string of the molecule is C[C@@H](Oc1cnc(C2CC2)c(Cl)c1)c1cc(F)c(C(=O)N2CCCC2C(=O)OC(C)(C)C)cc1C1CC1. The lowest BCUT2D eigenvalue weighted by Crippen LogP contribution is -2.43. The van der Waals surface area contributed by atoms with Gasteiger partial charge >= 0.3 is 5.97 Å². The highest BCUT2D eigenvalue weighted by Crippen LogP contribution is 2.45. The molecule has 0 spiro atoms. The maximum Gasteiger partial charge on any atom is 0.329 e. The maximum absolute atomic E-state index is 15.5. The van der Waals surface area contributed by atoms with Crippen LogP contribution in [0.2, 0.25) is 5.02 Å². The Kier molecular flexibility index (Phi) is 6.94. The molecule has 5 rings (SSSR count). The molecule has 198 valence electrons. The molecule has 1 aliphatic heterocycles. The fraction of sp³-hybridized carbons (Fsp3) is 0.552. The van der Waals surface area contributed by atoms with Gasteiger partial charge in [0.15, 0.2) is 0 Å². The van der Waals surface area contributed by atoms with E-state index in [0.29, 0.717) is 41.6 Å². The number of hydrogen-bond acceptors (Lipinski definition) is 5. The average Bonchev–Trinajstić information content (AvgIpc) is 3.75. The van der Waals surface area contributed by atoms with Crippen molar-refractivity contribution in [1.29, 1.82) is 0 Å². The molecular weight excluding hydrogens is 495 g/mol. The van der Waals surface area contributed by atoms with Crippen LogP contribution in [-0.2, 0) is 9.53 Å². The Morgan fingerprint density at radius 1 is 1.11 bits per heavy atom. The maximum atomic E-state index is 15.5. The van der Waals surface area contributed by atoms with Crippen molar-refractivity contribution in [3.05, 3.63) is 57.6 Å². The first kappa shape index (κ1) is 26.0. The lowest BCUT2D eigenvalue weighted by molar-refractivity contribution is -0.159. The molecule has 3 aliphatic rings. The summed E-state index contributed by atoms with van der Waals surface area (Å²) in [6.45, 7) is 7.64. The van der Waals surface area contributed by atoms with Gasteiger partial charge in [0, 0.05) is 18.5 Å². The van der Waals surface area contributed by atoms with Gasteiger partial charge < -0.3 is 14.4 Å². The molecule has 0 radical (unpaired) electrons. The molecule has 6 nitrogen and oxygen atoms in total. The summed E-state index contributed by atoms with van der Waals surface area (Å²) in [6.07, 6.45) is 6.57. The molecule has 0 N–H and O–H groups in total. The van der Waals surface area contributed by atoms with E-state index in [2.05, 4.69) is 4.98 Å². The van der Waals surface area contributed by atoms with Crippen molar-refractivity contribution in [3.8, 4) is 5.75 Å². The second kappa shape index (κ2) is 9.90. The van der Waals surface area contributed by atoms with Crippen molar-refractivity contribution in [2.75, 3.05) is 6.54 Å². The number of carbonyl (C=O) groups excluding carboxylic acids is 2. The van der Waals surface area contributed by atoms with E-state index in [1.165, 1.54) is 11.0 Å². The smallest absolute Gasteiger partial charge is 0.329 e. The largest absolute Gasteiger partial charge is 0.484 e. The number of aromatic nitrogens is 1. The van der Waals surface area contributed by atoms with Crippen LogP contribution in [0.4, 0.5) is 4.39 Å². The molecule has 1 aromatic heterocycles. The summed E-state index contributed by atoms with van der Waals surface area (Å²) in [5.41, 5.74) is 1.87. The fourth-order valence-corrected chi connectivity index (χ4v) is 5.38. The number of hydrogen-bond donors (Lipinski definition) is 0. The Balaban J connectivity index is 1.38. The number of pyridine rings is 1. The van der Waals surface area contributed by atoms with Crippen molar-refractivity contribution in [2.45, 2.75) is 95.8 Å². The first-order chi connectivity index (χ1) is 17.5. The zero-order valence-electron chi connectivity index (χ0n) is 21.9. The lowest BCUT2D eigenvalue weighted by atomic mass is 9.95. The highest BCUT2D eigenvalue weighted by molar-refractivity contribution is 6.31. The van der Waals surface area contributed by atoms with Crippen LogP contribution in [-0.4, -0.2) is 39.9 Å². The normalized spacial score (nSPS) is 20.6. The lowest BCUT2D eigenvalue weighted by Gasteiger charge is -2.28. The van der Waals surface area contributed by atoms with Crippen molar-refractivity contribution in [3.63, 3.8) is 0 Å². The number of halogens is 2. The summed E-state index contributed by atoms with van der Waals surface area (Å²) in [7, 11) is 0. The number of ether oxygens (including phenoxy) is 2. The van der Waals surface area contributed by atoms with Crippen molar-refractivity contribution in [1.82, 2.24) is 9.88 Å². The second-order valence-electron chi connectivity index (χ2n) is 11.5. The zero-order chi connectivity index (χ0) is 26.5. The molecular formula is C29H34ClFN2O4. The summed E-state index contributed by atoms with van der Waals surface area (Å²) in [6, 6.07) is 4.15. The molecule has 2 heterocycles. The highest BCUT2D eigenvalue weighted by Gasteiger charge is 2.39. The molecule has 2 saturated carbocycles. The predicted octanol–water partition coefficient (Wildman–Crippen LogP) is 6.72. The minimum atomic E-state index is -0.701. The molecule has 8 heteroatoms. The molecule has 37 heavy (non-hydrogen) atoms. The third kappa shape index (κ3) is 5.77. The summed E-state index contributed by atoms with van der Waals surface area (Å²) in [4.78, 5) is 32.1. The predicted molar refractivity (Wildman–Crippen MR) is 139 cm³/mol. The van der Waals surface area contributed by atoms with Crippen molar-refractivity contribution < 1.29 is 23.5 Å². The van der Waals surface area contributed by atoms with Gasteiger partial charge in [-0.15, -0.1) is 0 Å². The summed E-state index contributed by atoms with van der Waals surface area (Å²) >= 11 is 6.42. The van der Waals surface area contributed by atoms with Crippen LogP contribution in [0, 0.1) is 5.82 Å². The highest BCUT2D eigenvalue weighted by atomic mass is 35.5.